The van der Waals surface area contributed by atoms with E-state index in [1.54, 1.807) is 13.3 Å². The second-order valence-corrected chi connectivity index (χ2v) is 9.44. The molecule has 2 saturated heterocycles. The van der Waals surface area contributed by atoms with Crippen molar-refractivity contribution in [3.63, 3.8) is 0 Å². The maximum atomic E-state index is 12.9. The molecular weight excluding hydrogens is 312 g/mol. The third-order valence-electron chi connectivity index (χ3n) is 5.02. The van der Waals surface area contributed by atoms with Gasteiger partial charge in [0.25, 0.3) is 10.2 Å². The fourth-order valence-corrected chi connectivity index (χ4v) is 5.99. The molecule has 1 aromatic heterocycles. The summed E-state index contributed by atoms with van der Waals surface area (Å²) in [5.41, 5.74) is 1.19. The van der Waals surface area contributed by atoms with E-state index in [1.165, 1.54) is 5.56 Å². The van der Waals surface area contributed by atoms with E-state index in [0.717, 1.165) is 19.3 Å². The highest BCUT2D eigenvalue weighted by Crippen LogP contribution is 2.28. The summed E-state index contributed by atoms with van der Waals surface area (Å²) in [7, 11) is -1.39. The molecule has 3 rings (SSSR count). The summed E-state index contributed by atoms with van der Waals surface area (Å²) in [5.74, 6) is 1.29. The lowest BCUT2D eigenvalue weighted by molar-refractivity contribution is 0.211. The minimum absolute atomic E-state index is 0.397. The van der Waals surface area contributed by atoms with Crippen molar-refractivity contribution in [1.29, 1.82) is 0 Å². The molecule has 7 heteroatoms. The van der Waals surface area contributed by atoms with Crippen molar-refractivity contribution in [3.05, 3.63) is 18.0 Å². The first-order valence-electron chi connectivity index (χ1n) is 8.57. The van der Waals surface area contributed by atoms with Gasteiger partial charge in [-0.15, -0.1) is 0 Å². The van der Waals surface area contributed by atoms with Crippen LogP contribution in [0.15, 0.2) is 12.4 Å². The summed E-state index contributed by atoms with van der Waals surface area (Å²) in [6, 6.07) is 0. The number of hydrogen-bond donors (Lipinski definition) is 0. The van der Waals surface area contributed by atoms with E-state index in [1.807, 2.05) is 19.4 Å². The first-order chi connectivity index (χ1) is 10.8. The fourth-order valence-electron chi connectivity index (χ4n) is 4.04. The highest BCUT2D eigenvalue weighted by Gasteiger charge is 2.38. The molecule has 0 spiro atoms. The summed E-state index contributed by atoms with van der Waals surface area (Å²) < 4.78 is 31.0. The van der Waals surface area contributed by atoms with E-state index in [4.69, 9.17) is 0 Å². The molecule has 0 radical (unpaired) electrons. The number of aromatic nitrogens is 2. The molecule has 130 valence electrons. The van der Waals surface area contributed by atoms with Crippen LogP contribution >= 0.6 is 0 Å². The molecule has 0 bridgehead atoms. The van der Waals surface area contributed by atoms with Gasteiger partial charge in [0.15, 0.2) is 0 Å². The molecule has 6 nitrogen and oxygen atoms in total. The minimum atomic E-state index is -3.30. The molecule has 0 saturated carbocycles. The predicted octanol–water partition coefficient (Wildman–Crippen LogP) is 1.51. The minimum Gasteiger partial charge on any atom is -0.276 e. The third kappa shape index (κ3) is 3.78. The van der Waals surface area contributed by atoms with Gasteiger partial charge in [0.2, 0.25) is 0 Å². The van der Waals surface area contributed by atoms with Gasteiger partial charge in [0.05, 0.1) is 6.20 Å². The Kier molecular flexibility index (Phi) is 4.80. The molecule has 2 aliphatic heterocycles. The quantitative estimate of drug-likeness (QED) is 0.835. The fraction of sp³-hybridized carbons (Fsp3) is 0.812. The first kappa shape index (κ1) is 16.9. The molecule has 0 amide bonds. The molecule has 3 heterocycles. The molecule has 0 aliphatic carbocycles. The van der Waals surface area contributed by atoms with Crippen LogP contribution < -0.4 is 0 Å². The zero-order chi connectivity index (χ0) is 16.6. The van der Waals surface area contributed by atoms with Gasteiger partial charge >= 0.3 is 0 Å². The van der Waals surface area contributed by atoms with Crippen LogP contribution in [0.25, 0.3) is 0 Å². The van der Waals surface area contributed by atoms with Crippen LogP contribution in [0.2, 0.25) is 0 Å². The van der Waals surface area contributed by atoms with Crippen molar-refractivity contribution < 1.29 is 8.42 Å². The average molecular weight is 340 g/mol. The van der Waals surface area contributed by atoms with Gasteiger partial charge in [-0.3, -0.25) is 4.68 Å². The van der Waals surface area contributed by atoms with Crippen molar-refractivity contribution >= 4 is 10.2 Å². The molecular formula is C16H28N4O2S. The zero-order valence-corrected chi connectivity index (χ0v) is 15.2. The molecule has 23 heavy (non-hydrogen) atoms. The van der Waals surface area contributed by atoms with Crippen LogP contribution in [-0.2, 0) is 23.7 Å². The Morgan fingerprint density at radius 1 is 1.17 bits per heavy atom. The Balaban J connectivity index is 1.63. The summed E-state index contributed by atoms with van der Waals surface area (Å²) in [5, 5.41) is 4.19. The number of aryl methyl sites for hydroxylation is 1. The van der Waals surface area contributed by atoms with E-state index in [9.17, 15) is 8.42 Å². The summed E-state index contributed by atoms with van der Waals surface area (Å²) in [4.78, 5) is 0. The maximum absolute atomic E-state index is 12.9. The molecule has 1 aromatic rings. The van der Waals surface area contributed by atoms with E-state index >= 15 is 0 Å². The summed E-state index contributed by atoms with van der Waals surface area (Å²) >= 11 is 0. The van der Waals surface area contributed by atoms with Gasteiger partial charge in [-0.25, -0.2) is 0 Å². The Labute approximate surface area is 139 Å². The van der Waals surface area contributed by atoms with Gasteiger partial charge in [-0.05, 0) is 42.6 Å². The lowest BCUT2D eigenvalue weighted by atomic mass is 9.94. The van der Waals surface area contributed by atoms with Crippen molar-refractivity contribution in [2.45, 2.75) is 33.1 Å². The van der Waals surface area contributed by atoms with Crippen molar-refractivity contribution in [2.24, 2.45) is 24.8 Å². The number of rotatable bonds is 4. The van der Waals surface area contributed by atoms with Gasteiger partial charge in [-0.2, -0.15) is 22.1 Å². The smallest absolute Gasteiger partial charge is 0.276 e. The topological polar surface area (TPSA) is 58.4 Å². The van der Waals surface area contributed by atoms with Crippen molar-refractivity contribution in [2.75, 3.05) is 26.2 Å². The maximum Gasteiger partial charge on any atom is 0.282 e. The Hall–Kier alpha value is -0.920. The Bertz CT molecular complexity index is 632. The van der Waals surface area contributed by atoms with Gasteiger partial charge < -0.3 is 0 Å². The van der Waals surface area contributed by atoms with Gasteiger partial charge in [0.1, 0.15) is 0 Å². The Morgan fingerprint density at radius 2 is 1.87 bits per heavy atom. The first-order valence-corrected chi connectivity index (χ1v) is 9.97. The lowest BCUT2D eigenvalue weighted by Crippen LogP contribution is -2.48. The van der Waals surface area contributed by atoms with Crippen LogP contribution in [0.1, 0.15) is 32.3 Å². The highest BCUT2D eigenvalue weighted by molar-refractivity contribution is 7.86. The zero-order valence-electron chi connectivity index (χ0n) is 14.4. The summed E-state index contributed by atoms with van der Waals surface area (Å²) in [6.45, 7) is 6.90. The molecule has 3 atom stereocenters. The molecule has 2 fully saturated rings. The predicted molar refractivity (Wildman–Crippen MR) is 90.0 cm³/mol. The second-order valence-electron chi connectivity index (χ2n) is 7.51. The van der Waals surface area contributed by atoms with E-state index in [-0.39, 0.29) is 0 Å². The van der Waals surface area contributed by atoms with Crippen LogP contribution in [0.3, 0.4) is 0 Å². The lowest BCUT2D eigenvalue weighted by Gasteiger charge is -2.36. The monoisotopic (exact) mass is 340 g/mol. The summed E-state index contributed by atoms with van der Waals surface area (Å²) in [6.07, 6.45) is 6.87. The van der Waals surface area contributed by atoms with E-state index < -0.39 is 10.2 Å². The normalized spacial score (nSPS) is 30.8. The molecule has 0 N–H and O–H groups in total. The van der Waals surface area contributed by atoms with Crippen LogP contribution in [0.4, 0.5) is 0 Å². The highest BCUT2D eigenvalue weighted by atomic mass is 32.2. The second kappa shape index (κ2) is 6.53. The van der Waals surface area contributed by atoms with E-state index in [2.05, 4.69) is 18.9 Å². The van der Waals surface area contributed by atoms with Crippen molar-refractivity contribution in [3.8, 4) is 0 Å². The molecule has 0 unspecified atom stereocenters. The van der Waals surface area contributed by atoms with Crippen LogP contribution in [0.5, 0.6) is 0 Å². The average Bonchev–Trinajstić information content (AvgIpc) is 3.08. The number of hydrogen-bond acceptors (Lipinski definition) is 3. The largest absolute Gasteiger partial charge is 0.282 e. The molecule has 2 aliphatic rings. The Morgan fingerprint density at radius 3 is 2.48 bits per heavy atom. The molecule has 0 aromatic carbocycles. The number of nitrogens with zero attached hydrogens (tertiary/aromatic N) is 4. The number of piperidine rings is 1. The van der Waals surface area contributed by atoms with Crippen LogP contribution in [-0.4, -0.2) is 53.0 Å². The van der Waals surface area contributed by atoms with E-state index in [0.29, 0.717) is 43.9 Å². The van der Waals surface area contributed by atoms with Gasteiger partial charge in [-0.1, -0.05) is 13.8 Å². The third-order valence-corrected chi connectivity index (χ3v) is 6.95. The van der Waals surface area contributed by atoms with Gasteiger partial charge in [0, 0.05) is 39.4 Å². The van der Waals surface area contributed by atoms with Crippen LogP contribution in [0, 0.1) is 17.8 Å². The SMILES string of the molecule is C[C@@H]1C[C@@H](C)CN(S(=O)(=O)N2CC[C@H](Cc3cnn(C)c3)C2)C1. The standard InChI is InChI=1S/C16H28N4O2S/c1-13-6-14(2)10-20(9-13)23(21,22)19-5-4-15(12-19)7-16-8-17-18(3)11-16/h8,11,13-15H,4-7,9-10,12H2,1-3H3/t13-,14-,15-/m1/s1. The van der Waals surface area contributed by atoms with Crippen molar-refractivity contribution in [1.82, 2.24) is 18.4 Å².